The van der Waals surface area contributed by atoms with Gasteiger partial charge in [-0.2, -0.15) is 4.52 Å². The summed E-state index contributed by atoms with van der Waals surface area (Å²) in [6, 6.07) is 14.6. The third-order valence-electron chi connectivity index (χ3n) is 4.83. The second-order valence-corrected chi connectivity index (χ2v) is 7.06. The highest BCUT2D eigenvalue weighted by atomic mass is 19.1. The van der Waals surface area contributed by atoms with E-state index in [1.54, 1.807) is 56.7 Å². The number of fused-ring (bicyclic) bond motifs is 1. The monoisotopic (exact) mass is 463 g/mol. The van der Waals surface area contributed by atoms with E-state index in [-0.39, 0.29) is 24.9 Å². The number of halogens is 1. The van der Waals surface area contributed by atoms with Crippen molar-refractivity contribution < 1.29 is 23.4 Å². The van der Waals surface area contributed by atoms with Crippen LogP contribution >= 0.6 is 0 Å². The van der Waals surface area contributed by atoms with Gasteiger partial charge in [0.2, 0.25) is 11.8 Å². The summed E-state index contributed by atoms with van der Waals surface area (Å²) in [5, 5.41) is 15.3. The summed E-state index contributed by atoms with van der Waals surface area (Å²) in [5.74, 6) is 1.40. The first-order valence-corrected chi connectivity index (χ1v) is 10.4. The van der Waals surface area contributed by atoms with Crippen molar-refractivity contribution in [3.05, 3.63) is 72.1 Å². The lowest BCUT2D eigenvalue weighted by atomic mass is 10.2. The number of carbonyl (C=O) groups excluding carboxylic acids is 1. The highest BCUT2D eigenvalue weighted by molar-refractivity contribution is 5.91. The Kier molecular flexibility index (Phi) is 6.97. The van der Waals surface area contributed by atoms with Gasteiger partial charge in [-0.25, -0.2) is 4.39 Å². The normalized spacial score (nSPS) is 11.0. The summed E-state index contributed by atoms with van der Waals surface area (Å²) in [5.41, 5.74) is 2.00. The average Bonchev–Trinajstić information content (AvgIpc) is 3.29. The van der Waals surface area contributed by atoms with E-state index >= 15 is 0 Å². The summed E-state index contributed by atoms with van der Waals surface area (Å²) in [4.78, 5) is 12.1. The fourth-order valence-corrected chi connectivity index (χ4v) is 3.15. The minimum absolute atomic E-state index is 0.211. The van der Waals surface area contributed by atoms with Gasteiger partial charge in [0.25, 0.3) is 0 Å². The number of hydrogen-bond donors (Lipinski definition) is 1. The molecule has 1 amide bonds. The smallest absolute Gasteiger partial charge is 0.244 e. The molecule has 0 unspecified atom stereocenters. The van der Waals surface area contributed by atoms with Gasteiger partial charge in [0.1, 0.15) is 12.4 Å². The SMILES string of the molecule is COc1ccc(/C=C/C(=O)NCCOc2ccc3nnc(-c4ccc(F)cc4)n3n2)cc1OC. The topological polar surface area (TPSA) is 99.9 Å². The van der Waals surface area contributed by atoms with Crippen LogP contribution in [0.15, 0.2) is 60.7 Å². The second-order valence-electron chi connectivity index (χ2n) is 7.06. The van der Waals surface area contributed by atoms with Crippen molar-refractivity contribution in [1.82, 2.24) is 25.1 Å². The van der Waals surface area contributed by atoms with Crippen molar-refractivity contribution in [1.29, 1.82) is 0 Å². The van der Waals surface area contributed by atoms with Gasteiger partial charge < -0.3 is 19.5 Å². The summed E-state index contributed by atoms with van der Waals surface area (Å²) < 4.78 is 30.8. The molecule has 0 aliphatic rings. The van der Waals surface area contributed by atoms with Crippen molar-refractivity contribution in [2.45, 2.75) is 0 Å². The predicted molar refractivity (Wildman–Crippen MR) is 123 cm³/mol. The molecule has 0 aliphatic carbocycles. The number of benzene rings is 2. The number of nitrogens with one attached hydrogen (secondary N) is 1. The predicted octanol–water partition coefficient (Wildman–Crippen LogP) is 3.16. The molecule has 0 saturated carbocycles. The van der Waals surface area contributed by atoms with Gasteiger partial charge in [-0.3, -0.25) is 4.79 Å². The molecule has 4 rings (SSSR count). The van der Waals surface area contributed by atoms with Crippen LogP contribution in [0.3, 0.4) is 0 Å². The van der Waals surface area contributed by atoms with Gasteiger partial charge in [0, 0.05) is 17.7 Å². The summed E-state index contributed by atoms with van der Waals surface area (Å²) >= 11 is 0. The van der Waals surface area contributed by atoms with Crippen LogP contribution in [0.4, 0.5) is 4.39 Å². The van der Waals surface area contributed by atoms with E-state index < -0.39 is 0 Å². The molecule has 0 bridgehead atoms. The molecule has 0 aliphatic heterocycles. The fraction of sp³-hybridized carbons (Fsp3) is 0.167. The lowest BCUT2D eigenvalue weighted by molar-refractivity contribution is -0.116. The molecule has 10 heteroatoms. The Hall–Kier alpha value is -4.47. The number of methoxy groups -OCH3 is 2. The van der Waals surface area contributed by atoms with Crippen LogP contribution in [0.2, 0.25) is 0 Å². The second kappa shape index (κ2) is 10.4. The molecule has 2 aromatic carbocycles. The number of aromatic nitrogens is 4. The van der Waals surface area contributed by atoms with Gasteiger partial charge in [0.15, 0.2) is 23.0 Å². The van der Waals surface area contributed by atoms with Crippen LogP contribution in [-0.4, -0.2) is 53.1 Å². The van der Waals surface area contributed by atoms with Crippen LogP contribution in [0, 0.1) is 5.82 Å². The zero-order chi connectivity index (χ0) is 23.9. The third-order valence-corrected chi connectivity index (χ3v) is 4.83. The molecule has 0 spiro atoms. The van der Waals surface area contributed by atoms with Crippen molar-refractivity contribution in [3.8, 4) is 28.8 Å². The maximum Gasteiger partial charge on any atom is 0.244 e. The van der Waals surface area contributed by atoms with Gasteiger partial charge >= 0.3 is 0 Å². The Morgan fingerprint density at radius 2 is 1.82 bits per heavy atom. The number of hydrogen-bond acceptors (Lipinski definition) is 7. The lowest BCUT2D eigenvalue weighted by Gasteiger charge is -2.08. The average molecular weight is 463 g/mol. The van der Waals surface area contributed by atoms with Crippen LogP contribution in [0.1, 0.15) is 5.56 Å². The van der Waals surface area contributed by atoms with Crippen LogP contribution in [0.5, 0.6) is 17.4 Å². The Morgan fingerprint density at radius 3 is 2.59 bits per heavy atom. The van der Waals surface area contributed by atoms with E-state index in [9.17, 15) is 9.18 Å². The van der Waals surface area contributed by atoms with Gasteiger partial charge in [0.05, 0.1) is 20.8 Å². The number of amides is 1. The Balaban J connectivity index is 1.31. The van der Waals surface area contributed by atoms with E-state index in [0.29, 0.717) is 34.4 Å². The third kappa shape index (κ3) is 5.29. The minimum atomic E-state index is -0.338. The first-order valence-electron chi connectivity index (χ1n) is 10.4. The molecule has 4 aromatic rings. The molecule has 9 nitrogen and oxygen atoms in total. The quantitative estimate of drug-likeness (QED) is 0.301. The highest BCUT2D eigenvalue weighted by Crippen LogP contribution is 2.28. The van der Waals surface area contributed by atoms with Crippen molar-refractivity contribution in [3.63, 3.8) is 0 Å². The lowest BCUT2D eigenvalue weighted by Crippen LogP contribution is -2.26. The number of rotatable bonds is 9. The zero-order valence-corrected chi connectivity index (χ0v) is 18.6. The van der Waals surface area contributed by atoms with Crippen LogP contribution in [-0.2, 0) is 4.79 Å². The maximum absolute atomic E-state index is 13.2. The first-order chi connectivity index (χ1) is 16.6. The molecule has 0 atom stereocenters. The molecular formula is C24H22FN5O4. The van der Waals surface area contributed by atoms with Gasteiger partial charge in [-0.15, -0.1) is 15.3 Å². The van der Waals surface area contributed by atoms with E-state index in [2.05, 4.69) is 20.6 Å². The minimum Gasteiger partial charge on any atom is -0.493 e. The zero-order valence-electron chi connectivity index (χ0n) is 18.6. The molecule has 34 heavy (non-hydrogen) atoms. The molecule has 0 radical (unpaired) electrons. The van der Waals surface area contributed by atoms with Crippen LogP contribution < -0.4 is 19.5 Å². The van der Waals surface area contributed by atoms with Gasteiger partial charge in [-0.1, -0.05) is 6.07 Å². The molecule has 2 heterocycles. The molecule has 0 saturated heterocycles. The van der Waals surface area contributed by atoms with E-state index in [4.69, 9.17) is 14.2 Å². The Morgan fingerprint density at radius 1 is 1.03 bits per heavy atom. The Labute approximate surface area is 194 Å². The largest absolute Gasteiger partial charge is 0.493 e. The first kappa shape index (κ1) is 22.7. The van der Waals surface area contributed by atoms with Crippen molar-refractivity contribution in [2.75, 3.05) is 27.4 Å². The van der Waals surface area contributed by atoms with E-state index in [0.717, 1.165) is 5.56 Å². The maximum atomic E-state index is 13.2. The van der Waals surface area contributed by atoms with Crippen LogP contribution in [0.25, 0.3) is 23.1 Å². The summed E-state index contributed by atoms with van der Waals surface area (Å²) in [7, 11) is 3.12. The molecule has 1 N–H and O–H groups in total. The molecular weight excluding hydrogens is 441 g/mol. The van der Waals surface area contributed by atoms with E-state index in [1.165, 1.54) is 22.7 Å². The van der Waals surface area contributed by atoms with Gasteiger partial charge in [-0.05, 0) is 54.1 Å². The standard InChI is InChI=1S/C24H22FN5O4/c1-32-19-9-3-16(15-20(19)33-2)4-11-22(31)26-13-14-34-23-12-10-21-27-28-24(30(21)29-23)17-5-7-18(25)8-6-17/h3-12,15H,13-14H2,1-2H3,(H,26,31)/b11-4+. The number of ether oxygens (including phenoxy) is 3. The number of nitrogens with zero attached hydrogens (tertiary/aromatic N) is 4. The Bertz CT molecular complexity index is 1320. The van der Waals surface area contributed by atoms with Crippen molar-refractivity contribution >= 4 is 17.6 Å². The van der Waals surface area contributed by atoms with Crippen molar-refractivity contribution in [2.24, 2.45) is 0 Å². The molecule has 0 fully saturated rings. The number of carbonyl (C=O) groups is 1. The molecule has 174 valence electrons. The summed E-state index contributed by atoms with van der Waals surface area (Å²) in [6.45, 7) is 0.490. The highest BCUT2D eigenvalue weighted by Gasteiger charge is 2.11. The van der Waals surface area contributed by atoms with E-state index in [1.807, 2.05) is 6.07 Å². The summed E-state index contributed by atoms with van der Waals surface area (Å²) in [6.07, 6.45) is 3.11. The fourth-order valence-electron chi connectivity index (χ4n) is 3.15. The molecule has 2 aromatic heterocycles.